The highest BCUT2D eigenvalue weighted by Gasteiger charge is 2.19. The van der Waals surface area contributed by atoms with Gasteiger partial charge < -0.3 is 9.47 Å². The third kappa shape index (κ3) is 3.09. The van der Waals surface area contributed by atoms with Crippen molar-refractivity contribution in [3.63, 3.8) is 0 Å². The molecule has 112 valence electrons. The molecule has 2 aromatic rings. The molecule has 7 nitrogen and oxygen atoms in total. The molecular formula is C15H11NO6. The van der Waals surface area contributed by atoms with Gasteiger partial charge in [-0.1, -0.05) is 12.1 Å². The standard InChI is InChI=1S/C15H11NO6/c1-21-15(18)12-8-11(16(19)20)6-7-14(12)22-13-5-3-2-4-10(13)9-17/h2-9H,1H3. The number of aldehydes is 1. The number of rotatable bonds is 5. The van der Waals surface area contributed by atoms with Gasteiger partial charge in [-0.25, -0.2) is 4.79 Å². The Morgan fingerprint density at radius 1 is 1.18 bits per heavy atom. The van der Waals surface area contributed by atoms with Crippen LogP contribution < -0.4 is 4.74 Å². The number of nitro benzene ring substituents is 1. The van der Waals surface area contributed by atoms with E-state index in [4.69, 9.17) is 4.74 Å². The maximum absolute atomic E-state index is 11.8. The predicted molar refractivity (Wildman–Crippen MR) is 76.3 cm³/mol. The van der Waals surface area contributed by atoms with Gasteiger partial charge >= 0.3 is 5.97 Å². The molecule has 0 aliphatic rings. The molecule has 0 radical (unpaired) electrons. The van der Waals surface area contributed by atoms with Gasteiger partial charge in [-0.15, -0.1) is 0 Å². The van der Waals surface area contributed by atoms with Crippen LogP contribution in [-0.2, 0) is 4.74 Å². The molecule has 0 aliphatic heterocycles. The van der Waals surface area contributed by atoms with Crippen LogP contribution in [0.5, 0.6) is 11.5 Å². The van der Waals surface area contributed by atoms with Crippen LogP contribution in [0.25, 0.3) is 0 Å². The summed E-state index contributed by atoms with van der Waals surface area (Å²) in [6.07, 6.45) is 0.610. The number of benzene rings is 2. The van der Waals surface area contributed by atoms with E-state index in [0.717, 1.165) is 13.2 Å². The molecule has 0 spiro atoms. The minimum atomic E-state index is -0.776. The van der Waals surface area contributed by atoms with Gasteiger partial charge in [0.05, 0.1) is 17.6 Å². The normalized spacial score (nSPS) is 9.86. The first kappa shape index (κ1) is 15.2. The lowest BCUT2D eigenvalue weighted by Crippen LogP contribution is -2.05. The Kier molecular flexibility index (Phi) is 4.47. The summed E-state index contributed by atoms with van der Waals surface area (Å²) < 4.78 is 10.1. The molecule has 0 bridgehead atoms. The molecule has 0 saturated carbocycles. The third-order valence-electron chi connectivity index (χ3n) is 2.85. The van der Waals surface area contributed by atoms with Crippen molar-refractivity contribution in [2.75, 3.05) is 7.11 Å². The largest absolute Gasteiger partial charge is 0.465 e. The van der Waals surface area contributed by atoms with Crippen LogP contribution in [-0.4, -0.2) is 24.3 Å². The Morgan fingerprint density at radius 2 is 1.91 bits per heavy atom. The van der Waals surface area contributed by atoms with Gasteiger partial charge in [-0.2, -0.15) is 0 Å². The Balaban J connectivity index is 2.48. The summed E-state index contributed by atoms with van der Waals surface area (Å²) in [7, 11) is 1.16. The highest BCUT2D eigenvalue weighted by atomic mass is 16.6. The highest BCUT2D eigenvalue weighted by Crippen LogP contribution is 2.30. The topological polar surface area (TPSA) is 95.7 Å². The highest BCUT2D eigenvalue weighted by molar-refractivity contribution is 5.93. The second kappa shape index (κ2) is 6.49. The Labute approximate surface area is 125 Å². The van der Waals surface area contributed by atoms with Crippen molar-refractivity contribution >= 4 is 17.9 Å². The first-order valence-electron chi connectivity index (χ1n) is 6.15. The maximum Gasteiger partial charge on any atom is 0.341 e. The second-order valence-corrected chi connectivity index (χ2v) is 4.19. The van der Waals surface area contributed by atoms with Gasteiger partial charge in [-0.05, 0) is 18.2 Å². The number of esters is 1. The summed E-state index contributed by atoms with van der Waals surface area (Å²) >= 11 is 0. The maximum atomic E-state index is 11.8. The molecule has 2 rings (SSSR count). The van der Waals surface area contributed by atoms with E-state index in [9.17, 15) is 19.7 Å². The molecule has 0 fully saturated rings. The average Bonchev–Trinajstić information content (AvgIpc) is 2.54. The summed E-state index contributed by atoms with van der Waals surface area (Å²) in [6.45, 7) is 0. The number of nitrogens with zero attached hydrogens (tertiary/aromatic N) is 1. The molecule has 22 heavy (non-hydrogen) atoms. The van der Waals surface area contributed by atoms with Gasteiger partial charge in [-0.3, -0.25) is 14.9 Å². The quantitative estimate of drug-likeness (QED) is 0.364. The zero-order chi connectivity index (χ0) is 16.1. The second-order valence-electron chi connectivity index (χ2n) is 4.19. The van der Waals surface area contributed by atoms with E-state index in [1.807, 2.05) is 0 Å². The fraction of sp³-hybridized carbons (Fsp3) is 0.0667. The molecule has 2 aromatic carbocycles. The van der Waals surface area contributed by atoms with E-state index in [2.05, 4.69) is 4.74 Å². The van der Waals surface area contributed by atoms with Gasteiger partial charge in [0.2, 0.25) is 0 Å². The molecule has 0 unspecified atom stereocenters. The first-order chi connectivity index (χ1) is 10.6. The number of hydrogen-bond acceptors (Lipinski definition) is 6. The van der Waals surface area contributed by atoms with Crippen LogP contribution >= 0.6 is 0 Å². The monoisotopic (exact) mass is 301 g/mol. The van der Waals surface area contributed by atoms with E-state index in [1.165, 1.54) is 12.1 Å². The van der Waals surface area contributed by atoms with Crippen molar-refractivity contribution in [2.24, 2.45) is 0 Å². The molecule has 0 saturated heterocycles. The minimum absolute atomic E-state index is 0.0618. The number of non-ortho nitro benzene ring substituents is 1. The zero-order valence-corrected chi connectivity index (χ0v) is 11.5. The SMILES string of the molecule is COC(=O)c1cc([N+](=O)[O-])ccc1Oc1ccccc1C=O. The molecule has 0 amide bonds. The van der Waals surface area contributed by atoms with Gasteiger partial charge in [0.1, 0.15) is 17.1 Å². The number of carbonyl (C=O) groups is 2. The van der Waals surface area contributed by atoms with Crippen molar-refractivity contribution in [1.29, 1.82) is 0 Å². The summed E-state index contributed by atoms with van der Waals surface area (Å²) in [5.74, 6) is -0.481. The molecule has 0 N–H and O–H groups in total. The Hall–Kier alpha value is -3.22. The summed E-state index contributed by atoms with van der Waals surface area (Å²) in [6, 6.07) is 9.96. The third-order valence-corrected chi connectivity index (χ3v) is 2.85. The summed E-state index contributed by atoms with van der Waals surface area (Å²) in [4.78, 5) is 32.9. The van der Waals surface area contributed by atoms with Crippen molar-refractivity contribution in [3.8, 4) is 11.5 Å². The fourth-order valence-corrected chi connectivity index (χ4v) is 1.78. The van der Waals surface area contributed by atoms with Crippen molar-refractivity contribution < 1.29 is 24.0 Å². The van der Waals surface area contributed by atoms with Crippen LogP contribution in [0.4, 0.5) is 5.69 Å². The van der Waals surface area contributed by atoms with Crippen LogP contribution in [0, 0.1) is 10.1 Å². The van der Waals surface area contributed by atoms with Crippen LogP contribution in [0.1, 0.15) is 20.7 Å². The van der Waals surface area contributed by atoms with E-state index in [1.54, 1.807) is 24.3 Å². The van der Waals surface area contributed by atoms with Gasteiger partial charge in [0.25, 0.3) is 5.69 Å². The lowest BCUT2D eigenvalue weighted by molar-refractivity contribution is -0.384. The first-order valence-corrected chi connectivity index (χ1v) is 6.15. The number of nitro groups is 1. The summed E-state index contributed by atoms with van der Waals surface area (Å²) in [5.41, 5.74) is -0.0782. The van der Waals surface area contributed by atoms with E-state index in [0.29, 0.717) is 6.29 Å². The molecule has 7 heteroatoms. The molecule has 0 aliphatic carbocycles. The smallest absolute Gasteiger partial charge is 0.341 e. The lowest BCUT2D eigenvalue weighted by Gasteiger charge is -2.11. The van der Waals surface area contributed by atoms with E-state index in [-0.39, 0.29) is 28.3 Å². The van der Waals surface area contributed by atoms with Crippen LogP contribution in [0.3, 0.4) is 0 Å². The fourth-order valence-electron chi connectivity index (χ4n) is 1.78. The zero-order valence-electron chi connectivity index (χ0n) is 11.5. The van der Waals surface area contributed by atoms with Crippen LogP contribution in [0.15, 0.2) is 42.5 Å². The van der Waals surface area contributed by atoms with Crippen molar-refractivity contribution in [2.45, 2.75) is 0 Å². The molecule has 0 aromatic heterocycles. The summed E-state index contributed by atoms with van der Waals surface area (Å²) in [5, 5.41) is 10.8. The van der Waals surface area contributed by atoms with Crippen molar-refractivity contribution in [3.05, 3.63) is 63.7 Å². The lowest BCUT2D eigenvalue weighted by atomic mass is 10.1. The van der Waals surface area contributed by atoms with E-state index < -0.39 is 10.9 Å². The molecule has 0 heterocycles. The Bertz CT molecular complexity index is 741. The number of methoxy groups -OCH3 is 1. The number of para-hydroxylation sites is 1. The number of ether oxygens (including phenoxy) is 2. The van der Waals surface area contributed by atoms with E-state index >= 15 is 0 Å². The van der Waals surface area contributed by atoms with Crippen molar-refractivity contribution in [1.82, 2.24) is 0 Å². The van der Waals surface area contributed by atoms with Gasteiger partial charge in [0, 0.05) is 12.1 Å². The van der Waals surface area contributed by atoms with Gasteiger partial charge in [0.15, 0.2) is 6.29 Å². The molecular weight excluding hydrogens is 290 g/mol. The Morgan fingerprint density at radius 3 is 2.55 bits per heavy atom. The minimum Gasteiger partial charge on any atom is -0.465 e. The molecule has 0 atom stereocenters. The van der Waals surface area contributed by atoms with Crippen LogP contribution in [0.2, 0.25) is 0 Å². The number of carbonyl (C=O) groups excluding carboxylic acids is 2. The average molecular weight is 301 g/mol. The number of hydrogen-bond donors (Lipinski definition) is 0. The predicted octanol–water partition coefficient (Wildman–Crippen LogP) is 2.99.